The standard InChI is InChI=1S/C29H31N3O5/c1-34-27-11-12-30-24(29(27)35-2)20-32-15-13-31(14-16-32)17-18-36-22-9-7-21(8-10-22)28-19-25(33)23-5-3-4-6-26(23)37-28/h3-12,19H,13-18,20H2,1-2H3. The molecule has 4 aromatic rings. The predicted octanol–water partition coefficient (Wildman–Crippen LogP) is 4.07. The Labute approximate surface area is 216 Å². The Hall–Kier alpha value is -3.88. The number of hydrogen-bond acceptors (Lipinski definition) is 8. The van der Waals surface area contributed by atoms with Crippen molar-refractivity contribution in [1.82, 2.24) is 14.8 Å². The predicted molar refractivity (Wildman–Crippen MR) is 142 cm³/mol. The summed E-state index contributed by atoms with van der Waals surface area (Å²) in [6.07, 6.45) is 1.76. The average Bonchev–Trinajstić information content (AvgIpc) is 2.94. The fourth-order valence-electron chi connectivity index (χ4n) is 4.60. The van der Waals surface area contributed by atoms with Gasteiger partial charge in [0.05, 0.1) is 19.6 Å². The van der Waals surface area contributed by atoms with Gasteiger partial charge in [-0.15, -0.1) is 0 Å². The van der Waals surface area contributed by atoms with E-state index in [-0.39, 0.29) is 5.43 Å². The van der Waals surface area contributed by atoms with Gasteiger partial charge in [-0.3, -0.25) is 19.6 Å². The van der Waals surface area contributed by atoms with Gasteiger partial charge in [-0.05, 0) is 36.4 Å². The van der Waals surface area contributed by atoms with Gasteiger partial charge in [0.2, 0.25) is 0 Å². The SMILES string of the molecule is COc1ccnc(CN2CCN(CCOc3ccc(-c4cc(=O)c5ccccc5o4)cc3)CC2)c1OC. The molecule has 1 aliphatic heterocycles. The van der Waals surface area contributed by atoms with Crippen LogP contribution in [0.4, 0.5) is 0 Å². The summed E-state index contributed by atoms with van der Waals surface area (Å²) < 4.78 is 22.8. The first kappa shape index (κ1) is 24.8. The lowest BCUT2D eigenvalue weighted by Crippen LogP contribution is -2.47. The molecular weight excluding hydrogens is 470 g/mol. The number of nitrogens with zero attached hydrogens (tertiary/aromatic N) is 3. The van der Waals surface area contributed by atoms with Gasteiger partial charge in [0.15, 0.2) is 16.9 Å². The van der Waals surface area contributed by atoms with Crippen LogP contribution in [0.3, 0.4) is 0 Å². The number of piperazine rings is 1. The van der Waals surface area contributed by atoms with Crippen molar-refractivity contribution in [3.05, 3.63) is 82.8 Å². The van der Waals surface area contributed by atoms with Crippen LogP contribution in [0.5, 0.6) is 17.2 Å². The van der Waals surface area contributed by atoms with Gasteiger partial charge in [-0.1, -0.05) is 12.1 Å². The van der Waals surface area contributed by atoms with Crippen molar-refractivity contribution in [2.24, 2.45) is 0 Å². The molecule has 0 unspecified atom stereocenters. The summed E-state index contributed by atoms with van der Waals surface area (Å²) in [4.78, 5) is 21.7. The Morgan fingerprint density at radius 2 is 1.68 bits per heavy atom. The molecule has 2 aromatic heterocycles. The van der Waals surface area contributed by atoms with E-state index in [0.717, 1.165) is 56.3 Å². The number of ether oxygens (including phenoxy) is 3. The van der Waals surface area contributed by atoms with Gasteiger partial charge < -0.3 is 18.6 Å². The second kappa shape index (κ2) is 11.5. The summed E-state index contributed by atoms with van der Waals surface area (Å²) >= 11 is 0. The molecule has 8 heteroatoms. The van der Waals surface area contributed by atoms with Gasteiger partial charge in [0.1, 0.15) is 29.4 Å². The van der Waals surface area contributed by atoms with Gasteiger partial charge >= 0.3 is 0 Å². The van der Waals surface area contributed by atoms with Crippen LogP contribution < -0.4 is 19.6 Å². The highest BCUT2D eigenvalue weighted by atomic mass is 16.5. The second-order valence-electron chi connectivity index (χ2n) is 8.95. The van der Waals surface area contributed by atoms with E-state index in [1.165, 1.54) is 6.07 Å². The third-order valence-electron chi connectivity index (χ3n) is 6.65. The zero-order valence-corrected chi connectivity index (χ0v) is 21.2. The monoisotopic (exact) mass is 501 g/mol. The number of methoxy groups -OCH3 is 2. The number of para-hydroxylation sites is 1. The molecule has 0 radical (unpaired) electrons. The van der Waals surface area contributed by atoms with Crippen molar-refractivity contribution in [3.63, 3.8) is 0 Å². The highest BCUT2D eigenvalue weighted by molar-refractivity contribution is 5.78. The lowest BCUT2D eigenvalue weighted by molar-refractivity contribution is 0.111. The van der Waals surface area contributed by atoms with Gasteiger partial charge in [-0.2, -0.15) is 0 Å². The maximum atomic E-state index is 12.4. The van der Waals surface area contributed by atoms with Gasteiger partial charge in [0.25, 0.3) is 0 Å². The third kappa shape index (κ3) is 5.76. The van der Waals surface area contributed by atoms with Crippen LogP contribution in [0.2, 0.25) is 0 Å². The highest BCUT2D eigenvalue weighted by Gasteiger charge is 2.20. The van der Waals surface area contributed by atoms with E-state index in [1.54, 1.807) is 26.5 Å². The molecule has 0 saturated carbocycles. The molecular formula is C29H31N3O5. The molecule has 0 N–H and O–H groups in total. The Morgan fingerprint density at radius 1 is 0.919 bits per heavy atom. The van der Waals surface area contributed by atoms with E-state index < -0.39 is 0 Å². The van der Waals surface area contributed by atoms with Crippen LogP contribution in [0, 0.1) is 0 Å². The molecule has 192 valence electrons. The fraction of sp³-hybridized carbons (Fsp3) is 0.310. The molecule has 37 heavy (non-hydrogen) atoms. The molecule has 8 nitrogen and oxygen atoms in total. The normalized spacial score (nSPS) is 14.5. The van der Waals surface area contributed by atoms with Crippen molar-refractivity contribution < 1.29 is 18.6 Å². The maximum absolute atomic E-state index is 12.4. The molecule has 5 rings (SSSR count). The molecule has 1 fully saturated rings. The summed E-state index contributed by atoms with van der Waals surface area (Å²) in [5, 5.41) is 0.587. The number of benzene rings is 2. The maximum Gasteiger partial charge on any atom is 0.193 e. The molecule has 0 amide bonds. The van der Waals surface area contributed by atoms with Gasteiger partial charge in [-0.25, -0.2) is 0 Å². The van der Waals surface area contributed by atoms with Crippen LogP contribution in [0.1, 0.15) is 5.69 Å². The van der Waals surface area contributed by atoms with Crippen LogP contribution in [-0.2, 0) is 6.54 Å². The number of hydrogen-bond donors (Lipinski definition) is 0. The van der Waals surface area contributed by atoms with Gasteiger partial charge in [0, 0.05) is 63.2 Å². The van der Waals surface area contributed by atoms with Crippen LogP contribution in [-0.4, -0.2) is 68.3 Å². The highest BCUT2D eigenvalue weighted by Crippen LogP contribution is 2.30. The Kier molecular flexibility index (Phi) is 7.67. The lowest BCUT2D eigenvalue weighted by Gasteiger charge is -2.34. The Bertz CT molecular complexity index is 1400. The fourth-order valence-corrected chi connectivity index (χ4v) is 4.60. The van der Waals surface area contributed by atoms with E-state index >= 15 is 0 Å². The van der Waals surface area contributed by atoms with Crippen molar-refractivity contribution in [3.8, 4) is 28.6 Å². The van der Waals surface area contributed by atoms with Crippen molar-refractivity contribution in [2.45, 2.75) is 6.54 Å². The molecule has 0 atom stereocenters. The molecule has 0 aliphatic carbocycles. The smallest absolute Gasteiger partial charge is 0.193 e. The van der Waals surface area contributed by atoms with Crippen LogP contribution >= 0.6 is 0 Å². The van der Waals surface area contributed by atoms with Crippen molar-refractivity contribution >= 4 is 11.0 Å². The molecule has 0 bridgehead atoms. The summed E-state index contributed by atoms with van der Waals surface area (Å²) in [5.74, 6) is 2.75. The van der Waals surface area contributed by atoms with Crippen LogP contribution in [0.15, 0.2) is 76.1 Å². The molecule has 1 aliphatic rings. The minimum absolute atomic E-state index is 0.0452. The number of rotatable bonds is 9. The minimum Gasteiger partial charge on any atom is -0.493 e. The van der Waals surface area contributed by atoms with E-state index in [1.807, 2.05) is 48.5 Å². The molecule has 1 saturated heterocycles. The van der Waals surface area contributed by atoms with E-state index in [0.29, 0.717) is 34.8 Å². The summed E-state index contributed by atoms with van der Waals surface area (Å²) in [7, 11) is 3.29. The molecule has 3 heterocycles. The lowest BCUT2D eigenvalue weighted by atomic mass is 10.1. The third-order valence-corrected chi connectivity index (χ3v) is 6.65. The topological polar surface area (TPSA) is 77.3 Å². The first-order valence-electron chi connectivity index (χ1n) is 12.4. The zero-order valence-electron chi connectivity index (χ0n) is 21.2. The van der Waals surface area contributed by atoms with Crippen molar-refractivity contribution in [1.29, 1.82) is 0 Å². The summed E-state index contributed by atoms with van der Waals surface area (Å²) in [5.41, 5.74) is 2.28. The molecule has 2 aromatic carbocycles. The van der Waals surface area contributed by atoms with Crippen LogP contribution in [0.25, 0.3) is 22.3 Å². The molecule has 0 spiro atoms. The Morgan fingerprint density at radius 3 is 2.43 bits per heavy atom. The summed E-state index contributed by atoms with van der Waals surface area (Å²) in [6.45, 7) is 6.03. The number of fused-ring (bicyclic) bond motifs is 1. The first-order valence-corrected chi connectivity index (χ1v) is 12.4. The van der Waals surface area contributed by atoms with E-state index in [4.69, 9.17) is 18.6 Å². The summed E-state index contributed by atoms with van der Waals surface area (Å²) in [6, 6.07) is 18.3. The number of pyridine rings is 1. The quantitative estimate of drug-likeness (QED) is 0.340. The largest absolute Gasteiger partial charge is 0.493 e. The Balaban J connectivity index is 1.10. The van der Waals surface area contributed by atoms with Crippen molar-refractivity contribution in [2.75, 3.05) is 53.6 Å². The van der Waals surface area contributed by atoms with E-state index in [9.17, 15) is 4.79 Å². The second-order valence-corrected chi connectivity index (χ2v) is 8.95. The zero-order chi connectivity index (χ0) is 25.6. The van der Waals surface area contributed by atoms with E-state index in [2.05, 4.69) is 14.8 Å². The average molecular weight is 502 g/mol. The minimum atomic E-state index is -0.0452. The number of aromatic nitrogens is 1. The first-order chi connectivity index (χ1) is 18.1.